The monoisotopic (exact) mass is 312 g/mol. The molecule has 22 heavy (non-hydrogen) atoms. The first-order chi connectivity index (χ1) is 10.4. The maximum Gasteiger partial charge on any atom is 0.326 e. The zero-order valence-corrected chi connectivity index (χ0v) is 13.8. The Morgan fingerprint density at radius 1 is 1.23 bits per heavy atom. The molecule has 1 rings (SSSR count). The van der Waals surface area contributed by atoms with Gasteiger partial charge in [-0.15, -0.1) is 0 Å². The Labute approximate surface area is 132 Å². The van der Waals surface area contributed by atoms with E-state index < -0.39 is 12.0 Å². The quantitative estimate of drug-likeness (QED) is 0.748. The highest BCUT2D eigenvalue weighted by atomic mass is 16.4. The van der Waals surface area contributed by atoms with E-state index in [0.717, 1.165) is 32.1 Å². The van der Waals surface area contributed by atoms with Crippen LogP contribution < -0.4 is 5.32 Å². The number of carboxylic acids is 1. The summed E-state index contributed by atoms with van der Waals surface area (Å²) < 4.78 is 0. The summed E-state index contributed by atoms with van der Waals surface area (Å²) in [5, 5.41) is 11.8. The predicted molar refractivity (Wildman–Crippen MR) is 83.2 cm³/mol. The molecule has 0 bridgehead atoms. The molecule has 0 aromatic carbocycles. The molecule has 1 aliphatic rings. The predicted octanol–water partition coefficient (Wildman–Crippen LogP) is 1.64. The Balaban J connectivity index is 2.66. The molecule has 0 saturated heterocycles. The van der Waals surface area contributed by atoms with Crippen LogP contribution in [0.15, 0.2) is 0 Å². The van der Waals surface area contributed by atoms with Crippen LogP contribution in [-0.2, 0) is 14.4 Å². The van der Waals surface area contributed by atoms with Crippen molar-refractivity contribution in [2.75, 3.05) is 13.1 Å². The Hall–Kier alpha value is -1.59. The van der Waals surface area contributed by atoms with Crippen LogP contribution in [0.2, 0.25) is 0 Å². The second kappa shape index (κ2) is 8.76. The lowest BCUT2D eigenvalue weighted by Crippen LogP contribution is -2.49. The van der Waals surface area contributed by atoms with E-state index in [0.29, 0.717) is 5.92 Å². The van der Waals surface area contributed by atoms with E-state index in [1.54, 1.807) is 0 Å². The summed E-state index contributed by atoms with van der Waals surface area (Å²) in [5.74, 6) is -0.678. The van der Waals surface area contributed by atoms with Crippen molar-refractivity contribution in [2.24, 2.45) is 11.8 Å². The number of carbonyl (C=O) groups is 3. The summed E-state index contributed by atoms with van der Waals surface area (Å²) >= 11 is 0. The Bertz CT molecular complexity index is 403. The maximum absolute atomic E-state index is 12.7. The minimum Gasteiger partial charge on any atom is -0.480 e. The molecule has 0 spiro atoms. The molecule has 0 heterocycles. The Morgan fingerprint density at radius 2 is 1.82 bits per heavy atom. The molecular weight excluding hydrogens is 284 g/mol. The molecule has 126 valence electrons. The third kappa shape index (κ3) is 5.31. The molecule has 0 aromatic rings. The minimum atomic E-state index is -1.02. The molecule has 6 nitrogen and oxygen atoms in total. The molecule has 1 fully saturated rings. The van der Waals surface area contributed by atoms with Crippen LogP contribution in [0.4, 0.5) is 0 Å². The summed E-state index contributed by atoms with van der Waals surface area (Å²) in [6.45, 7) is 5.60. The second-order valence-electron chi connectivity index (χ2n) is 6.15. The normalized spacial score (nSPS) is 22.7. The van der Waals surface area contributed by atoms with Crippen molar-refractivity contribution in [1.82, 2.24) is 10.2 Å². The Morgan fingerprint density at radius 3 is 2.27 bits per heavy atom. The van der Waals surface area contributed by atoms with E-state index in [2.05, 4.69) is 12.2 Å². The smallest absolute Gasteiger partial charge is 0.326 e. The standard InChI is InChI=1S/C16H28N2O4/c1-4-13-5-7-14(8-6-13)15(20)18(11(2)16(21)22)10-9-17-12(3)19/h11,13-14H,4-10H2,1-3H3,(H,17,19)(H,21,22). The van der Waals surface area contributed by atoms with Crippen LogP contribution in [0.1, 0.15) is 52.9 Å². The molecule has 1 aliphatic carbocycles. The van der Waals surface area contributed by atoms with Crippen LogP contribution in [-0.4, -0.2) is 46.9 Å². The van der Waals surface area contributed by atoms with Gasteiger partial charge in [0.05, 0.1) is 0 Å². The van der Waals surface area contributed by atoms with Gasteiger partial charge in [0.15, 0.2) is 0 Å². The van der Waals surface area contributed by atoms with Crippen molar-refractivity contribution in [1.29, 1.82) is 0 Å². The fourth-order valence-electron chi connectivity index (χ4n) is 3.03. The first-order valence-electron chi connectivity index (χ1n) is 8.14. The molecule has 1 unspecified atom stereocenters. The van der Waals surface area contributed by atoms with Crippen molar-refractivity contribution in [2.45, 2.75) is 58.9 Å². The first-order valence-corrected chi connectivity index (χ1v) is 8.14. The third-order valence-electron chi connectivity index (χ3n) is 4.61. The van der Waals surface area contributed by atoms with Gasteiger partial charge in [-0.3, -0.25) is 9.59 Å². The lowest BCUT2D eigenvalue weighted by molar-refractivity contribution is -0.151. The zero-order chi connectivity index (χ0) is 16.7. The van der Waals surface area contributed by atoms with Gasteiger partial charge in [-0.1, -0.05) is 13.3 Å². The molecule has 2 amide bonds. The van der Waals surface area contributed by atoms with Gasteiger partial charge < -0.3 is 15.3 Å². The van der Waals surface area contributed by atoms with Gasteiger partial charge >= 0.3 is 5.97 Å². The van der Waals surface area contributed by atoms with Crippen LogP contribution in [0.3, 0.4) is 0 Å². The summed E-state index contributed by atoms with van der Waals surface area (Å²) in [6, 6.07) is -0.870. The van der Waals surface area contributed by atoms with E-state index in [1.165, 1.54) is 18.7 Å². The van der Waals surface area contributed by atoms with Crippen LogP contribution in [0, 0.1) is 11.8 Å². The van der Waals surface area contributed by atoms with Gasteiger partial charge in [-0.05, 0) is 38.5 Å². The molecular formula is C16H28N2O4. The SMILES string of the molecule is CCC1CCC(C(=O)N(CCNC(C)=O)C(C)C(=O)O)CC1. The summed E-state index contributed by atoms with van der Waals surface area (Å²) in [6.07, 6.45) is 4.88. The number of hydrogen-bond donors (Lipinski definition) is 2. The van der Waals surface area contributed by atoms with Gasteiger partial charge in [0.25, 0.3) is 0 Å². The van der Waals surface area contributed by atoms with E-state index in [-0.39, 0.29) is 30.8 Å². The van der Waals surface area contributed by atoms with E-state index >= 15 is 0 Å². The molecule has 6 heteroatoms. The maximum atomic E-state index is 12.7. The van der Waals surface area contributed by atoms with E-state index in [4.69, 9.17) is 0 Å². The van der Waals surface area contributed by atoms with Crippen molar-refractivity contribution in [3.05, 3.63) is 0 Å². The highest BCUT2D eigenvalue weighted by Crippen LogP contribution is 2.32. The van der Waals surface area contributed by atoms with Crippen molar-refractivity contribution >= 4 is 17.8 Å². The van der Waals surface area contributed by atoms with Gasteiger partial charge in [0, 0.05) is 25.9 Å². The number of rotatable bonds is 7. The van der Waals surface area contributed by atoms with Crippen molar-refractivity contribution < 1.29 is 19.5 Å². The molecule has 0 aliphatic heterocycles. The average molecular weight is 312 g/mol. The van der Waals surface area contributed by atoms with Crippen LogP contribution in [0.25, 0.3) is 0 Å². The second-order valence-corrected chi connectivity index (χ2v) is 6.15. The Kier molecular flexibility index (Phi) is 7.35. The highest BCUT2D eigenvalue weighted by molar-refractivity contribution is 5.85. The van der Waals surface area contributed by atoms with E-state index in [1.807, 2.05) is 0 Å². The molecule has 1 atom stereocenters. The van der Waals surface area contributed by atoms with Crippen LogP contribution in [0.5, 0.6) is 0 Å². The van der Waals surface area contributed by atoms with Crippen molar-refractivity contribution in [3.8, 4) is 0 Å². The third-order valence-corrected chi connectivity index (χ3v) is 4.61. The number of carboxylic acid groups (broad SMARTS) is 1. The number of nitrogens with one attached hydrogen (secondary N) is 1. The fraction of sp³-hybridized carbons (Fsp3) is 0.812. The van der Waals surface area contributed by atoms with Gasteiger partial charge in [-0.25, -0.2) is 4.79 Å². The molecule has 0 radical (unpaired) electrons. The van der Waals surface area contributed by atoms with Crippen LogP contribution >= 0.6 is 0 Å². The average Bonchev–Trinajstić information content (AvgIpc) is 2.50. The van der Waals surface area contributed by atoms with Gasteiger partial charge in [-0.2, -0.15) is 0 Å². The lowest BCUT2D eigenvalue weighted by Gasteiger charge is -2.33. The summed E-state index contributed by atoms with van der Waals surface area (Å²) in [4.78, 5) is 36.2. The molecule has 2 N–H and O–H groups in total. The molecule has 0 aromatic heterocycles. The van der Waals surface area contributed by atoms with Crippen molar-refractivity contribution in [3.63, 3.8) is 0 Å². The fourth-order valence-corrected chi connectivity index (χ4v) is 3.03. The topological polar surface area (TPSA) is 86.7 Å². The lowest BCUT2D eigenvalue weighted by atomic mass is 9.80. The number of hydrogen-bond acceptors (Lipinski definition) is 3. The number of nitrogens with zero attached hydrogens (tertiary/aromatic N) is 1. The molecule has 1 saturated carbocycles. The van der Waals surface area contributed by atoms with Gasteiger partial charge in [0.2, 0.25) is 11.8 Å². The minimum absolute atomic E-state index is 0.0815. The summed E-state index contributed by atoms with van der Waals surface area (Å²) in [7, 11) is 0. The first kappa shape index (κ1) is 18.5. The zero-order valence-electron chi connectivity index (χ0n) is 13.8. The number of amides is 2. The number of aliphatic carboxylic acids is 1. The largest absolute Gasteiger partial charge is 0.480 e. The number of carbonyl (C=O) groups excluding carboxylic acids is 2. The van der Waals surface area contributed by atoms with E-state index in [9.17, 15) is 19.5 Å². The van der Waals surface area contributed by atoms with Gasteiger partial charge in [0.1, 0.15) is 6.04 Å². The highest BCUT2D eigenvalue weighted by Gasteiger charge is 2.33. The summed E-state index contributed by atoms with van der Waals surface area (Å²) in [5.41, 5.74) is 0.